The van der Waals surface area contributed by atoms with Crippen LogP contribution in [0, 0.1) is 0 Å². The summed E-state index contributed by atoms with van der Waals surface area (Å²) in [5, 5.41) is 3.13. The maximum Gasteiger partial charge on any atom is 0.235 e. The zero-order chi connectivity index (χ0) is 17.1. The second kappa shape index (κ2) is 6.89. The number of amides is 1. The molecule has 0 atom stereocenters. The first-order chi connectivity index (χ1) is 12.3. The Kier molecular flexibility index (Phi) is 4.45. The van der Waals surface area contributed by atoms with E-state index in [2.05, 4.69) is 34.5 Å². The van der Waals surface area contributed by atoms with E-state index >= 15 is 0 Å². The van der Waals surface area contributed by atoms with Gasteiger partial charge in [0.1, 0.15) is 0 Å². The van der Waals surface area contributed by atoms with Crippen LogP contribution in [0.4, 0.5) is 11.4 Å². The van der Waals surface area contributed by atoms with E-state index in [4.69, 9.17) is 4.74 Å². The fourth-order valence-electron chi connectivity index (χ4n) is 3.76. The number of carbonyl (C=O) groups is 1. The summed E-state index contributed by atoms with van der Waals surface area (Å²) in [6, 6.07) is 18.3. The maximum atomic E-state index is 13.0. The van der Waals surface area contributed by atoms with Crippen LogP contribution in [0.5, 0.6) is 0 Å². The minimum atomic E-state index is -0.357. The van der Waals surface area contributed by atoms with Crippen LogP contribution in [-0.2, 0) is 14.9 Å². The first kappa shape index (κ1) is 16.2. The number of anilines is 2. The smallest absolute Gasteiger partial charge is 0.235 e. The molecule has 1 aliphatic carbocycles. The molecule has 4 heteroatoms. The maximum absolute atomic E-state index is 13.0. The predicted molar refractivity (Wildman–Crippen MR) is 100 cm³/mol. The summed E-state index contributed by atoms with van der Waals surface area (Å²) >= 11 is 0. The summed E-state index contributed by atoms with van der Waals surface area (Å²) < 4.78 is 5.40. The number of nitrogens with one attached hydrogen (secondary N) is 1. The average molecular weight is 336 g/mol. The highest BCUT2D eigenvalue weighted by Gasteiger charge is 2.45. The molecule has 2 fully saturated rings. The van der Waals surface area contributed by atoms with Crippen LogP contribution in [0.25, 0.3) is 0 Å². The number of hydrogen-bond donors (Lipinski definition) is 1. The fourth-order valence-corrected chi connectivity index (χ4v) is 3.76. The van der Waals surface area contributed by atoms with Gasteiger partial charge in [0.05, 0.1) is 18.6 Å². The zero-order valence-corrected chi connectivity index (χ0v) is 14.4. The molecule has 25 heavy (non-hydrogen) atoms. The van der Waals surface area contributed by atoms with E-state index in [-0.39, 0.29) is 11.3 Å². The molecule has 2 aliphatic rings. The number of ether oxygens (including phenoxy) is 1. The van der Waals surface area contributed by atoms with Crippen LogP contribution < -0.4 is 10.2 Å². The second-order valence-corrected chi connectivity index (χ2v) is 6.90. The Labute approximate surface area is 148 Å². The number of nitrogens with zero attached hydrogens (tertiary/aromatic N) is 1. The molecule has 2 aromatic rings. The van der Waals surface area contributed by atoms with Crippen LogP contribution in [0.2, 0.25) is 0 Å². The number of hydrogen-bond acceptors (Lipinski definition) is 3. The second-order valence-electron chi connectivity index (χ2n) is 6.90. The molecule has 1 aliphatic heterocycles. The molecule has 2 aromatic carbocycles. The van der Waals surface area contributed by atoms with E-state index in [0.29, 0.717) is 0 Å². The molecule has 0 spiro atoms. The molecule has 0 radical (unpaired) electrons. The summed E-state index contributed by atoms with van der Waals surface area (Å²) in [6.45, 7) is 3.39. The quantitative estimate of drug-likeness (QED) is 0.928. The van der Waals surface area contributed by atoms with Gasteiger partial charge in [0, 0.05) is 24.5 Å². The largest absolute Gasteiger partial charge is 0.378 e. The molecular weight excluding hydrogens is 312 g/mol. The number of morpholine rings is 1. The van der Waals surface area contributed by atoms with Crippen molar-refractivity contribution in [3.8, 4) is 0 Å². The minimum absolute atomic E-state index is 0.115. The van der Waals surface area contributed by atoms with Crippen LogP contribution in [0.3, 0.4) is 0 Å². The molecule has 130 valence electrons. The van der Waals surface area contributed by atoms with E-state index in [0.717, 1.165) is 56.8 Å². The minimum Gasteiger partial charge on any atom is -0.378 e. The van der Waals surface area contributed by atoms with Gasteiger partial charge in [-0.1, -0.05) is 36.8 Å². The van der Waals surface area contributed by atoms with Crippen molar-refractivity contribution in [3.63, 3.8) is 0 Å². The molecule has 0 bridgehead atoms. The highest BCUT2D eigenvalue weighted by atomic mass is 16.5. The first-order valence-electron chi connectivity index (χ1n) is 9.08. The van der Waals surface area contributed by atoms with Crippen LogP contribution >= 0.6 is 0 Å². The van der Waals surface area contributed by atoms with Crippen molar-refractivity contribution in [1.82, 2.24) is 0 Å². The molecule has 1 N–H and O–H groups in total. The van der Waals surface area contributed by atoms with Crippen molar-refractivity contribution in [1.29, 1.82) is 0 Å². The number of rotatable bonds is 4. The summed E-state index contributed by atoms with van der Waals surface area (Å²) in [6.07, 6.45) is 2.96. The Morgan fingerprint density at radius 3 is 2.24 bits per heavy atom. The molecule has 1 amide bonds. The van der Waals surface area contributed by atoms with Gasteiger partial charge in [-0.05, 0) is 42.7 Å². The van der Waals surface area contributed by atoms with Gasteiger partial charge in [-0.15, -0.1) is 0 Å². The molecule has 0 aromatic heterocycles. The summed E-state index contributed by atoms with van der Waals surface area (Å²) in [7, 11) is 0. The third-order valence-corrected chi connectivity index (χ3v) is 5.47. The Morgan fingerprint density at radius 1 is 0.960 bits per heavy atom. The molecule has 0 unspecified atom stereocenters. The normalized spacial score (nSPS) is 19.1. The molecule has 4 nitrogen and oxygen atoms in total. The lowest BCUT2D eigenvalue weighted by atomic mass is 9.64. The Balaban J connectivity index is 1.47. The third-order valence-electron chi connectivity index (χ3n) is 5.47. The first-order valence-corrected chi connectivity index (χ1v) is 9.08. The lowest BCUT2D eigenvalue weighted by Crippen LogP contribution is -2.45. The molecular formula is C21H24N2O2. The van der Waals surface area contributed by atoms with Crippen molar-refractivity contribution >= 4 is 17.3 Å². The van der Waals surface area contributed by atoms with E-state index < -0.39 is 0 Å². The Hall–Kier alpha value is -2.33. The predicted octanol–water partition coefficient (Wildman–Crippen LogP) is 3.58. The van der Waals surface area contributed by atoms with E-state index in [1.54, 1.807) is 0 Å². The van der Waals surface area contributed by atoms with Gasteiger partial charge in [-0.3, -0.25) is 4.79 Å². The summed E-state index contributed by atoms with van der Waals surface area (Å²) in [4.78, 5) is 15.3. The summed E-state index contributed by atoms with van der Waals surface area (Å²) in [5.41, 5.74) is 2.82. The van der Waals surface area contributed by atoms with Crippen LogP contribution in [-0.4, -0.2) is 32.2 Å². The fraction of sp³-hybridized carbons (Fsp3) is 0.381. The molecule has 1 saturated carbocycles. The van der Waals surface area contributed by atoms with Crippen molar-refractivity contribution in [3.05, 3.63) is 60.2 Å². The van der Waals surface area contributed by atoms with Crippen molar-refractivity contribution in [2.45, 2.75) is 24.7 Å². The third kappa shape index (κ3) is 3.14. The van der Waals surface area contributed by atoms with Gasteiger partial charge in [0.15, 0.2) is 0 Å². The van der Waals surface area contributed by atoms with Crippen LogP contribution in [0.15, 0.2) is 54.6 Å². The Morgan fingerprint density at radius 2 is 1.64 bits per heavy atom. The lowest BCUT2D eigenvalue weighted by molar-refractivity contribution is -0.124. The molecule has 1 heterocycles. The van der Waals surface area contributed by atoms with E-state index in [9.17, 15) is 4.79 Å². The standard InChI is InChI=1S/C21H24N2O2/c24-20(21(11-4-12-21)17-5-2-1-3-6-17)22-18-7-9-19(10-8-18)23-13-15-25-16-14-23/h1-3,5-10H,4,11-16H2,(H,22,24). The van der Waals surface area contributed by atoms with E-state index in [1.165, 1.54) is 5.69 Å². The number of benzene rings is 2. The summed E-state index contributed by atoms with van der Waals surface area (Å²) in [5.74, 6) is 0.115. The van der Waals surface area contributed by atoms with Gasteiger partial charge < -0.3 is 15.0 Å². The SMILES string of the molecule is O=C(Nc1ccc(N2CCOCC2)cc1)C1(c2ccccc2)CCC1. The average Bonchev–Trinajstić information content (AvgIpc) is 2.63. The highest BCUT2D eigenvalue weighted by molar-refractivity contribution is 6.00. The molecule has 4 rings (SSSR count). The Bertz CT molecular complexity index is 717. The van der Waals surface area contributed by atoms with Gasteiger partial charge in [-0.2, -0.15) is 0 Å². The monoisotopic (exact) mass is 336 g/mol. The van der Waals surface area contributed by atoms with Gasteiger partial charge >= 0.3 is 0 Å². The zero-order valence-electron chi connectivity index (χ0n) is 14.4. The van der Waals surface area contributed by atoms with Gasteiger partial charge in [0.25, 0.3) is 0 Å². The van der Waals surface area contributed by atoms with Crippen molar-refractivity contribution in [2.75, 3.05) is 36.5 Å². The van der Waals surface area contributed by atoms with Crippen LogP contribution in [0.1, 0.15) is 24.8 Å². The number of carbonyl (C=O) groups excluding carboxylic acids is 1. The topological polar surface area (TPSA) is 41.6 Å². The van der Waals surface area contributed by atoms with Crippen molar-refractivity contribution < 1.29 is 9.53 Å². The molecule has 1 saturated heterocycles. The van der Waals surface area contributed by atoms with Crippen molar-refractivity contribution in [2.24, 2.45) is 0 Å². The van der Waals surface area contributed by atoms with Gasteiger partial charge in [-0.25, -0.2) is 0 Å². The van der Waals surface area contributed by atoms with E-state index in [1.807, 2.05) is 30.3 Å². The lowest BCUT2D eigenvalue weighted by Gasteiger charge is -2.40. The highest BCUT2D eigenvalue weighted by Crippen LogP contribution is 2.44. The van der Waals surface area contributed by atoms with Gasteiger partial charge in [0.2, 0.25) is 5.91 Å².